The van der Waals surface area contributed by atoms with Crippen molar-refractivity contribution in [2.24, 2.45) is 0 Å². The fourth-order valence-electron chi connectivity index (χ4n) is 5.06. The van der Waals surface area contributed by atoms with Gasteiger partial charge in [-0.25, -0.2) is 0 Å². The number of rotatable bonds is 8. The summed E-state index contributed by atoms with van der Waals surface area (Å²) in [6, 6.07) is 25.9. The molecule has 1 aliphatic carbocycles. The number of ketones is 1. The second-order valence-electron chi connectivity index (χ2n) is 10.1. The molecule has 3 aromatic rings. The quantitative estimate of drug-likeness (QED) is 0.326. The third kappa shape index (κ3) is 6.13. The largest absolute Gasteiger partial charge is 0.489 e. The number of nitriles is 1. The van der Waals surface area contributed by atoms with E-state index in [-0.39, 0.29) is 17.4 Å². The first-order valence-corrected chi connectivity index (χ1v) is 14.4. The zero-order chi connectivity index (χ0) is 28.1. The summed E-state index contributed by atoms with van der Waals surface area (Å²) >= 11 is 1.30. The summed E-state index contributed by atoms with van der Waals surface area (Å²) in [5.41, 5.74) is 6.73. The number of benzene rings is 3. The molecular weight excluding hydrogens is 518 g/mol. The summed E-state index contributed by atoms with van der Waals surface area (Å²) in [5.74, 6) is 0.276. The second-order valence-corrected chi connectivity index (χ2v) is 11.1. The van der Waals surface area contributed by atoms with Crippen LogP contribution in [0.4, 0.5) is 5.69 Å². The number of dihydropyridines is 1. The number of hydrogen-bond donors (Lipinski definition) is 2. The van der Waals surface area contributed by atoms with Crippen molar-refractivity contribution in [3.05, 3.63) is 117 Å². The monoisotopic (exact) mass is 549 g/mol. The van der Waals surface area contributed by atoms with E-state index in [9.17, 15) is 14.9 Å². The molecule has 1 atom stereocenters. The third-order valence-corrected chi connectivity index (χ3v) is 8.16. The Labute approximate surface area is 239 Å². The predicted octanol–water partition coefficient (Wildman–Crippen LogP) is 6.68. The number of anilines is 1. The number of ether oxygens (including phenoxy) is 1. The molecule has 0 fully saturated rings. The van der Waals surface area contributed by atoms with Gasteiger partial charge in [0.15, 0.2) is 5.78 Å². The van der Waals surface area contributed by atoms with Gasteiger partial charge in [0.05, 0.1) is 28.3 Å². The number of hydrogen-bond acceptors (Lipinski definition) is 6. The van der Waals surface area contributed by atoms with Gasteiger partial charge in [0.1, 0.15) is 12.4 Å². The Hall–Kier alpha value is -4.28. The van der Waals surface area contributed by atoms with Crippen molar-refractivity contribution in [1.29, 1.82) is 5.26 Å². The molecule has 2 aliphatic rings. The molecule has 40 heavy (non-hydrogen) atoms. The Morgan fingerprint density at radius 1 is 1.07 bits per heavy atom. The molecule has 2 N–H and O–H groups in total. The fourth-order valence-corrected chi connectivity index (χ4v) is 5.92. The maximum absolute atomic E-state index is 13.1. The molecular formula is C33H31N3O3S. The van der Waals surface area contributed by atoms with Gasteiger partial charge in [-0.15, -0.1) is 0 Å². The molecule has 1 heterocycles. The van der Waals surface area contributed by atoms with Crippen molar-refractivity contribution in [3.63, 3.8) is 0 Å². The van der Waals surface area contributed by atoms with E-state index < -0.39 is 5.92 Å². The average molecular weight is 550 g/mol. The summed E-state index contributed by atoms with van der Waals surface area (Å²) in [4.78, 5) is 26.0. The molecule has 7 heteroatoms. The Morgan fingerprint density at radius 2 is 1.85 bits per heavy atom. The van der Waals surface area contributed by atoms with E-state index in [1.807, 2.05) is 86.6 Å². The second kappa shape index (κ2) is 12.3. The molecule has 0 unspecified atom stereocenters. The van der Waals surface area contributed by atoms with Gasteiger partial charge in [-0.1, -0.05) is 66.4 Å². The molecule has 0 bridgehead atoms. The van der Waals surface area contributed by atoms with Crippen LogP contribution in [0.15, 0.2) is 94.7 Å². The highest BCUT2D eigenvalue weighted by molar-refractivity contribution is 8.03. The highest BCUT2D eigenvalue weighted by Gasteiger charge is 2.37. The van der Waals surface area contributed by atoms with Crippen LogP contribution >= 0.6 is 11.8 Å². The number of carbonyl (C=O) groups excluding carboxylic acids is 2. The zero-order valence-corrected chi connectivity index (χ0v) is 23.4. The number of thioether (sulfide) groups is 1. The highest BCUT2D eigenvalue weighted by atomic mass is 32.2. The predicted molar refractivity (Wildman–Crippen MR) is 159 cm³/mol. The minimum absolute atomic E-state index is 0.0626. The van der Waals surface area contributed by atoms with E-state index in [1.165, 1.54) is 11.8 Å². The topological polar surface area (TPSA) is 91.2 Å². The Morgan fingerprint density at radius 3 is 2.60 bits per heavy atom. The van der Waals surface area contributed by atoms with Crippen LogP contribution in [0.3, 0.4) is 0 Å². The molecule has 0 spiro atoms. The van der Waals surface area contributed by atoms with Crippen LogP contribution in [-0.4, -0.2) is 17.4 Å². The Balaban J connectivity index is 1.37. The SMILES string of the molecule is Cc1ccc(C)c(NC(=O)CSC2=C(C#N)[C@H](c3ccc(OCc4ccccc4)cc3)C3=C(CCCC3=O)N2)c1. The van der Waals surface area contributed by atoms with E-state index in [0.717, 1.165) is 46.5 Å². The number of carbonyl (C=O) groups is 2. The normalized spacial score (nSPS) is 16.6. The summed E-state index contributed by atoms with van der Waals surface area (Å²) in [6.07, 6.45) is 1.96. The highest BCUT2D eigenvalue weighted by Crippen LogP contribution is 2.44. The van der Waals surface area contributed by atoms with Crippen molar-refractivity contribution in [2.75, 3.05) is 11.1 Å². The lowest BCUT2D eigenvalue weighted by molar-refractivity contribution is -0.116. The molecule has 0 aromatic heterocycles. The lowest BCUT2D eigenvalue weighted by Gasteiger charge is -2.33. The summed E-state index contributed by atoms with van der Waals surface area (Å²) in [6.45, 7) is 4.39. The van der Waals surface area contributed by atoms with Gasteiger partial charge < -0.3 is 15.4 Å². The van der Waals surface area contributed by atoms with E-state index in [4.69, 9.17) is 4.74 Å². The van der Waals surface area contributed by atoms with Gasteiger partial charge in [-0.3, -0.25) is 9.59 Å². The van der Waals surface area contributed by atoms with Crippen LogP contribution in [0, 0.1) is 25.2 Å². The molecule has 0 saturated carbocycles. The number of Topliss-reactive ketones (excluding diaryl/α,β-unsaturated/α-hetero) is 1. The molecule has 1 amide bonds. The number of allylic oxidation sites excluding steroid dienone is 3. The molecule has 5 rings (SSSR count). The smallest absolute Gasteiger partial charge is 0.234 e. The zero-order valence-electron chi connectivity index (χ0n) is 22.6. The van der Waals surface area contributed by atoms with Crippen LogP contribution in [0.25, 0.3) is 0 Å². The van der Waals surface area contributed by atoms with Crippen molar-refractivity contribution in [2.45, 2.75) is 45.6 Å². The van der Waals surface area contributed by atoms with Crippen LogP contribution in [-0.2, 0) is 16.2 Å². The standard InChI is InChI=1S/C33H31N3O3S/c1-21-11-12-22(2)28(17-21)35-30(38)20-40-33-26(18-34)31(32-27(36-33)9-6-10-29(32)37)24-13-15-25(16-14-24)39-19-23-7-4-3-5-8-23/h3-5,7-8,11-17,31,36H,6,9-10,19-20H2,1-2H3,(H,35,38)/t31-/m0/s1. The lowest BCUT2D eigenvalue weighted by atomic mass is 9.77. The van der Waals surface area contributed by atoms with E-state index >= 15 is 0 Å². The first-order valence-electron chi connectivity index (χ1n) is 13.4. The van der Waals surface area contributed by atoms with Gasteiger partial charge in [-0.2, -0.15) is 5.26 Å². The van der Waals surface area contributed by atoms with Crippen molar-refractivity contribution in [3.8, 4) is 11.8 Å². The van der Waals surface area contributed by atoms with Crippen LogP contribution in [0.5, 0.6) is 5.75 Å². The number of amides is 1. The van der Waals surface area contributed by atoms with Crippen molar-refractivity contribution in [1.82, 2.24) is 5.32 Å². The van der Waals surface area contributed by atoms with E-state index in [2.05, 4.69) is 16.7 Å². The Kier molecular flexibility index (Phi) is 8.37. The van der Waals surface area contributed by atoms with Gasteiger partial charge in [0, 0.05) is 23.4 Å². The average Bonchev–Trinajstić information content (AvgIpc) is 2.97. The van der Waals surface area contributed by atoms with Gasteiger partial charge in [0.25, 0.3) is 0 Å². The van der Waals surface area contributed by atoms with Gasteiger partial charge in [-0.05, 0) is 67.1 Å². The van der Waals surface area contributed by atoms with Crippen LogP contribution in [0.1, 0.15) is 47.4 Å². The van der Waals surface area contributed by atoms with Crippen LogP contribution in [0.2, 0.25) is 0 Å². The molecule has 0 radical (unpaired) electrons. The maximum Gasteiger partial charge on any atom is 0.234 e. The molecule has 1 aliphatic heterocycles. The summed E-state index contributed by atoms with van der Waals surface area (Å²) < 4.78 is 5.95. The summed E-state index contributed by atoms with van der Waals surface area (Å²) in [5, 5.41) is 17.2. The maximum atomic E-state index is 13.1. The first kappa shape index (κ1) is 27.3. The van der Waals surface area contributed by atoms with E-state index in [0.29, 0.717) is 35.0 Å². The van der Waals surface area contributed by atoms with Gasteiger partial charge in [0.2, 0.25) is 5.91 Å². The lowest BCUT2D eigenvalue weighted by Crippen LogP contribution is -2.31. The molecule has 6 nitrogen and oxygen atoms in total. The molecule has 202 valence electrons. The molecule has 0 saturated heterocycles. The summed E-state index contributed by atoms with van der Waals surface area (Å²) in [7, 11) is 0. The van der Waals surface area contributed by atoms with Gasteiger partial charge >= 0.3 is 0 Å². The third-order valence-electron chi connectivity index (χ3n) is 7.14. The minimum Gasteiger partial charge on any atom is -0.489 e. The van der Waals surface area contributed by atoms with E-state index in [1.54, 1.807) is 0 Å². The first-order chi connectivity index (χ1) is 19.4. The number of nitrogens with zero attached hydrogens (tertiary/aromatic N) is 1. The molecule has 3 aromatic carbocycles. The Bertz CT molecular complexity index is 1540. The fraction of sp³-hybridized carbons (Fsp3) is 0.242. The van der Waals surface area contributed by atoms with Crippen molar-refractivity contribution < 1.29 is 14.3 Å². The number of aryl methyl sites for hydroxylation is 2. The number of nitrogens with one attached hydrogen (secondary N) is 2. The van der Waals surface area contributed by atoms with Crippen molar-refractivity contribution >= 4 is 29.1 Å². The minimum atomic E-state index is -0.484. The van der Waals surface area contributed by atoms with Crippen LogP contribution < -0.4 is 15.4 Å².